The van der Waals surface area contributed by atoms with Gasteiger partial charge in [-0.05, 0) is 37.1 Å². The average Bonchev–Trinajstić information content (AvgIpc) is 3.13. The lowest BCUT2D eigenvalue weighted by molar-refractivity contribution is -0.380. The minimum absolute atomic E-state index is 0.0124. The number of nitro groups is 1. The highest BCUT2D eigenvalue weighted by Crippen LogP contribution is 2.29. The van der Waals surface area contributed by atoms with Crippen molar-refractivity contribution < 1.29 is 23.9 Å². The molecule has 0 bridgehead atoms. The molecule has 0 radical (unpaired) electrons. The third-order valence-corrected chi connectivity index (χ3v) is 4.27. The van der Waals surface area contributed by atoms with E-state index in [4.69, 9.17) is 14.2 Å². The van der Waals surface area contributed by atoms with Crippen molar-refractivity contribution in [1.82, 2.24) is 0 Å². The first-order chi connectivity index (χ1) is 13.0. The highest BCUT2D eigenvalue weighted by molar-refractivity contribution is 7.13. The van der Waals surface area contributed by atoms with E-state index in [0.717, 1.165) is 23.3 Å². The summed E-state index contributed by atoms with van der Waals surface area (Å²) in [6.07, 6.45) is 3.81. The summed E-state index contributed by atoms with van der Waals surface area (Å²) in [5.41, 5.74) is 1.36. The summed E-state index contributed by atoms with van der Waals surface area (Å²) < 4.78 is 16.3. The maximum absolute atomic E-state index is 11.9. The highest BCUT2D eigenvalue weighted by Gasteiger charge is 2.10. The lowest BCUT2D eigenvalue weighted by Gasteiger charge is -2.12. The third-order valence-electron chi connectivity index (χ3n) is 3.34. The lowest BCUT2D eigenvalue weighted by atomic mass is 10.2. The molecule has 7 nitrogen and oxygen atoms in total. The second-order valence-corrected chi connectivity index (χ2v) is 6.37. The van der Waals surface area contributed by atoms with E-state index in [1.807, 2.05) is 19.9 Å². The van der Waals surface area contributed by atoms with E-state index < -0.39 is 10.9 Å². The fourth-order valence-electron chi connectivity index (χ4n) is 2.13. The summed E-state index contributed by atoms with van der Waals surface area (Å²) in [4.78, 5) is 22.0. The van der Waals surface area contributed by atoms with E-state index >= 15 is 0 Å². The fourth-order valence-corrected chi connectivity index (χ4v) is 2.84. The van der Waals surface area contributed by atoms with Crippen LogP contribution in [0.5, 0.6) is 11.5 Å². The Morgan fingerprint density at radius 3 is 2.70 bits per heavy atom. The molecule has 2 rings (SSSR count). The van der Waals surface area contributed by atoms with Crippen molar-refractivity contribution in [2.24, 2.45) is 0 Å². The van der Waals surface area contributed by atoms with Crippen molar-refractivity contribution >= 4 is 28.4 Å². The van der Waals surface area contributed by atoms with Crippen LogP contribution in [0.2, 0.25) is 0 Å². The summed E-state index contributed by atoms with van der Waals surface area (Å²) in [5.74, 6) is 0.748. The monoisotopic (exact) mass is 391 g/mol. The van der Waals surface area contributed by atoms with Gasteiger partial charge in [-0.1, -0.05) is 24.3 Å². The average molecular weight is 391 g/mol. The van der Waals surface area contributed by atoms with Crippen molar-refractivity contribution in [3.8, 4) is 11.5 Å². The quantitative estimate of drug-likeness (QED) is 0.255. The zero-order valence-corrected chi connectivity index (χ0v) is 16.0. The zero-order valence-electron chi connectivity index (χ0n) is 15.2. The van der Waals surface area contributed by atoms with Crippen LogP contribution in [0.4, 0.5) is 5.00 Å². The minimum Gasteiger partial charge on any atom is -0.490 e. The molecule has 0 unspecified atom stereocenters. The standard InChI is InChI=1S/C19H21NO6S/c1-3-9-25-16-7-5-14(10-17(16)24-4-2)6-8-19(21)26-12-15-11-18(20(22)23)27-13-15/h5-8,10-11,13H,3-4,9,12H2,1-2H3. The SMILES string of the molecule is CCCOc1ccc(C=CC(=O)OCc2csc([N+](=O)[O-])c2)cc1OCC. The lowest BCUT2D eigenvalue weighted by Crippen LogP contribution is -2.01. The molecule has 144 valence electrons. The molecule has 0 saturated carbocycles. The molecule has 0 aliphatic carbocycles. The van der Waals surface area contributed by atoms with Gasteiger partial charge in [0.1, 0.15) is 6.61 Å². The van der Waals surface area contributed by atoms with Gasteiger partial charge in [-0.3, -0.25) is 10.1 Å². The maximum atomic E-state index is 11.9. The first-order valence-electron chi connectivity index (χ1n) is 8.49. The second-order valence-electron chi connectivity index (χ2n) is 5.48. The molecule has 8 heteroatoms. The van der Waals surface area contributed by atoms with Crippen molar-refractivity contribution in [2.45, 2.75) is 26.9 Å². The van der Waals surface area contributed by atoms with Gasteiger partial charge in [-0.25, -0.2) is 4.79 Å². The van der Waals surface area contributed by atoms with Crippen LogP contribution in [0, 0.1) is 10.1 Å². The van der Waals surface area contributed by atoms with Crippen molar-refractivity contribution in [2.75, 3.05) is 13.2 Å². The third kappa shape index (κ3) is 6.41. The summed E-state index contributed by atoms with van der Waals surface area (Å²) in [7, 11) is 0. The molecule has 0 aliphatic heterocycles. The largest absolute Gasteiger partial charge is 0.490 e. The number of rotatable bonds is 10. The van der Waals surface area contributed by atoms with Gasteiger partial charge in [0.05, 0.1) is 18.1 Å². The van der Waals surface area contributed by atoms with E-state index in [0.29, 0.717) is 30.3 Å². The number of thiophene rings is 1. The first-order valence-corrected chi connectivity index (χ1v) is 9.37. The normalized spacial score (nSPS) is 10.7. The van der Waals surface area contributed by atoms with E-state index in [9.17, 15) is 14.9 Å². The molecule has 1 aromatic heterocycles. The molecule has 0 fully saturated rings. The number of benzene rings is 1. The predicted molar refractivity (Wildman–Crippen MR) is 103 cm³/mol. The van der Waals surface area contributed by atoms with E-state index in [1.54, 1.807) is 23.6 Å². The number of carbonyl (C=O) groups is 1. The van der Waals surface area contributed by atoms with Gasteiger partial charge in [0.2, 0.25) is 0 Å². The summed E-state index contributed by atoms with van der Waals surface area (Å²) in [5, 5.41) is 12.3. The summed E-state index contributed by atoms with van der Waals surface area (Å²) in [6, 6.07) is 6.81. The van der Waals surface area contributed by atoms with Gasteiger partial charge in [-0.2, -0.15) is 0 Å². The highest BCUT2D eigenvalue weighted by atomic mass is 32.1. The number of hydrogen-bond donors (Lipinski definition) is 0. The number of esters is 1. The molecule has 1 heterocycles. The Morgan fingerprint density at radius 2 is 2.04 bits per heavy atom. The van der Waals surface area contributed by atoms with Gasteiger partial charge in [0.25, 0.3) is 0 Å². The van der Waals surface area contributed by atoms with Crippen molar-refractivity contribution in [3.05, 3.63) is 57.0 Å². The molecule has 0 N–H and O–H groups in total. The Hall–Kier alpha value is -2.87. The fraction of sp³-hybridized carbons (Fsp3) is 0.316. The van der Waals surface area contributed by atoms with Crippen molar-refractivity contribution in [1.29, 1.82) is 0 Å². The Morgan fingerprint density at radius 1 is 1.22 bits per heavy atom. The summed E-state index contributed by atoms with van der Waals surface area (Å²) in [6.45, 7) is 5.00. The van der Waals surface area contributed by atoms with E-state index in [1.165, 1.54) is 12.1 Å². The second kappa shape index (κ2) is 10.3. The van der Waals surface area contributed by atoms with Gasteiger partial charge in [-0.15, -0.1) is 0 Å². The van der Waals surface area contributed by atoms with Crippen LogP contribution in [0.25, 0.3) is 6.08 Å². The smallest absolute Gasteiger partial charge is 0.331 e. The zero-order chi connectivity index (χ0) is 19.6. The molecule has 1 aromatic carbocycles. The van der Waals surface area contributed by atoms with Gasteiger partial charge in [0, 0.05) is 23.1 Å². The van der Waals surface area contributed by atoms with Crippen LogP contribution >= 0.6 is 11.3 Å². The molecule has 27 heavy (non-hydrogen) atoms. The van der Waals surface area contributed by atoms with Crippen LogP contribution in [-0.4, -0.2) is 24.1 Å². The van der Waals surface area contributed by atoms with Crippen LogP contribution in [0.15, 0.2) is 35.7 Å². The molecular formula is C19H21NO6S. The Balaban J connectivity index is 1.95. The number of carbonyl (C=O) groups excluding carboxylic acids is 1. The molecule has 0 saturated heterocycles. The maximum Gasteiger partial charge on any atom is 0.331 e. The minimum atomic E-state index is -0.534. The molecule has 0 aliphatic rings. The van der Waals surface area contributed by atoms with Crippen LogP contribution < -0.4 is 9.47 Å². The van der Waals surface area contributed by atoms with Gasteiger partial charge >= 0.3 is 11.0 Å². The molecular weight excluding hydrogens is 370 g/mol. The topological polar surface area (TPSA) is 87.9 Å². The van der Waals surface area contributed by atoms with Crippen LogP contribution in [0.3, 0.4) is 0 Å². The Kier molecular flexibility index (Phi) is 7.81. The van der Waals surface area contributed by atoms with Crippen LogP contribution in [0.1, 0.15) is 31.4 Å². The first kappa shape index (κ1) is 20.4. The molecule has 0 spiro atoms. The van der Waals surface area contributed by atoms with Gasteiger partial charge in [0.15, 0.2) is 11.5 Å². The van der Waals surface area contributed by atoms with Gasteiger partial charge < -0.3 is 14.2 Å². The molecule has 0 atom stereocenters. The number of nitrogens with zero attached hydrogens (tertiary/aromatic N) is 1. The van der Waals surface area contributed by atoms with E-state index in [2.05, 4.69) is 0 Å². The van der Waals surface area contributed by atoms with Crippen LogP contribution in [-0.2, 0) is 16.1 Å². The molecule has 0 amide bonds. The summed E-state index contributed by atoms with van der Waals surface area (Å²) >= 11 is 0.998. The Bertz CT molecular complexity index is 814. The number of ether oxygens (including phenoxy) is 3. The predicted octanol–water partition coefficient (Wildman–Crippen LogP) is 4.60. The van der Waals surface area contributed by atoms with Crippen molar-refractivity contribution in [3.63, 3.8) is 0 Å². The number of hydrogen-bond acceptors (Lipinski definition) is 7. The molecule has 2 aromatic rings. The Labute approximate surface area is 161 Å². The van der Waals surface area contributed by atoms with E-state index in [-0.39, 0.29) is 11.6 Å².